The molecule has 1 saturated heterocycles. The highest BCUT2D eigenvalue weighted by Crippen LogP contribution is 2.12. The number of carbonyl (C=O) groups is 2. The molecule has 4 rings (SSSR count). The molecule has 1 fully saturated rings. The van der Waals surface area contributed by atoms with Gasteiger partial charge in [-0.15, -0.1) is 0 Å². The molecular formula is C25H26FN5O4. The van der Waals surface area contributed by atoms with E-state index >= 15 is 0 Å². The molecule has 3 aromatic rings. The molecule has 2 amide bonds. The number of rotatable bonds is 4. The normalized spacial score (nSPS) is 13.7. The largest absolute Gasteiger partial charge is 0.352 e. The number of hydrogen-bond acceptors (Lipinski definition) is 5. The van der Waals surface area contributed by atoms with Gasteiger partial charge in [-0.3, -0.25) is 19.0 Å². The van der Waals surface area contributed by atoms with E-state index in [4.69, 9.17) is 0 Å². The number of amides is 2. The Morgan fingerprint density at radius 1 is 0.914 bits per heavy atom. The van der Waals surface area contributed by atoms with Gasteiger partial charge >= 0.3 is 5.69 Å². The molecular weight excluding hydrogens is 453 g/mol. The summed E-state index contributed by atoms with van der Waals surface area (Å²) >= 11 is 0. The number of halogens is 1. The summed E-state index contributed by atoms with van der Waals surface area (Å²) in [6, 6.07) is 10.9. The van der Waals surface area contributed by atoms with Gasteiger partial charge in [0.15, 0.2) is 0 Å². The van der Waals surface area contributed by atoms with E-state index in [1.54, 1.807) is 17.0 Å². The number of hydrogen-bond donors (Lipinski definition) is 0. The standard InChI is InChI=1S/C25H26FN5O4/c1-16-12-17(2)14-21(13-16)31-25(35)30(15-19-4-6-20(26)7-5-19)24(34)22(27-31)23(33)29-10-8-28(9-11-29)18(3)32/h4-7,12-14H,8-11,15H2,1-3H3. The Bertz CT molecular complexity index is 1380. The zero-order valence-electron chi connectivity index (χ0n) is 19.8. The molecule has 0 aliphatic carbocycles. The van der Waals surface area contributed by atoms with Crippen molar-refractivity contribution in [1.29, 1.82) is 0 Å². The first-order valence-electron chi connectivity index (χ1n) is 11.3. The van der Waals surface area contributed by atoms with Crippen molar-refractivity contribution in [3.05, 3.63) is 91.5 Å². The van der Waals surface area contributed by atoms with Crippen LogP contribution in [0.2, 0.25) is 0 Å². The molecule has 2 aromatic carbocycles. The molecule has 35 heavy (non-hydrogen) atoms. The Morgan fingerprint density at radius 3 is 2.06 bits per heavy atom. The lowest BCUT2D eigenvalue weighted by Crippen LogP contribution is -2.52. The van der Waals surface area contributed by atoms with Crippen LogP contribution in [0.3, 0.4) is 0 Å². The molecule has 0 saturated carbocycles. The Labute approximate surface area is 201 Å². The first-order chi connectivity index (χ1) is 16.6. The van der Waals surface area contributed by atoms with Crippen LogP contribution in [0.5, 0.6) is 0 Å². The van der Waals surface area contributed by atoms with Gasteiger partial charge in [-0.05, 0) is 54.8 Å². The van der Waals surface area contributed by atoms with Crippen LogP contribution < -0.4 is 11.2 Å². The summed E-state index contributed by atoms with van der Waals surface area (Å²) in [6.45, 7) is 6.26. The van der Waals surface area contributed by atoms with Crippen LogP contribution in [-0.2, 0) is 11.3 Å². The minimum Gasteiger partial charge on any atom is -0.339 e. The van der Waals surface area contributed by atoms with Gasteiger partial charge < -0.3 is 9.80 Å². The SMILES string of the molecule is CC(=O)N1CCN(C(=O)c2nn(-c3cc(C)cc(C)c3)c(=O)n(Cc3ccc(F)cc3)c2=O)CC1. The molecule has 1 aliphatic heterocycles. The van der Waals surface area contributed by atoms with E-state index < -0.39 is 23.0 Å². The van der Waals surface area contributed by atoms with Gasteiger partial charge in [0, 0.05) is 33.1 Å². The first kappa shape index (κ1) is 24.1. The van der Waals surface area contributed by atoms with E-state index in [0.29, 0.717) is 24.3 Å². The number of carbonyl (C=O) groups excluding carboxylic acids is 2. The van der Waals surface area contributed by atoms with Gasteiger partial charge in [0.25, 0.3) is 11.5 Å². The lowest BCUT2D eigenvalue weighted by atomic mass is 10.1. The van der Waals surface area contributed by atoms with E-state index in [1.807, 2.05) is 19.9 Å². The van der Waals surface area contributed by atoms with Crippen molar-refractivity contribution in [3.8, 4) is 5.69 Å². The molecule has 1 aliphatic rings. The molecule has 9 nitrogen and oxygen atoms in total. The van der Waals surface area contributed by atoms with Crippen LogP contribution in [0.15, 0.2) is 52.1 Å². The predicted molar refractivity (Wildman–Crippen MR) is 127 cm³/mol. The summed E-state index contributed by atoms with van der Waals surface area (Å²) in [6.07, 6.45) is 0. The zero-order valence-corrected chi connectivity index (χ0v) is 19.8. The smallest absolute Gasteiger partial charge is 0.339 e. The van der Waals surface area contributed by atoms with Crippen molar-refractivity contribution in [2.24, 2.45) is 0 Å². The maximum atomic E-state index is 13.4. The zero-order chi connectivity index (χ0) is 25.3. The van der Waals surface area contributed by atoms with Crippen molar-refractivity contribution >= 4 is 11.8 Å². The molecule has 0 N–H and O–H groups in total. The highest BCUT2D eigenvalue weighted by atomic mass is 19.1. The molecule has 0 bridgehead atoms. The Hall–Kier alpha value is -4.08. The van der Waals surface area contributed by atoms with Crippen molar-refractivity contribution in [2.45, 2.75) is 27.3 Å². The van der Waals surface area contributed by atoms with E-state index in [0.717, 1.165) is 20.4 Å². The highest BCUT2D eigenvalue weighted by molar-refractivity contribution is 5.92. The maximum Gasteiger partial charge on any atom is 0.352 e. The van der Waals surface area contributed by atoms with Crippen molar-refractivity contribution < 1.29 is 14.0 Å². The van der Waals surface area contributed by atoms with E-state index in [2.05, 4.69) is 5.10 Å². The summed E-state index contributed by atoms with van der Waals surface area (Å²) in [5, 5.41) is 4.21. The number of benzene rings is 2. The second-order valence-electron chi connectivity index (χ2n) is 8.70. The van der Waals surface area contributed by atoms with Crippen molar-refractivity contribution in [3.63, 3.8) is 0 Å². The Balaban J connectivity index is 1.81. The molecule has 182 valence electrons. The topological polar surface area (TPSA) is 97.5 Å². The summed E-state index contributed by atoms with van der Waals surface area (Å²) < 4.78 is 15.4. The van der Waals surface area contributed by atoms with E-state index in [1.165, 1.54) is 36.1 Å². The molecule has 0 atom stereocenters. The summed E-state index contributed by atoms with van der Waals surface area (Å²) in [5.74, 6) is -1.13. The Kier molecular flexibility index (Phi) is 6.63. The van der Waals surface area contributed by atoms with Crippen LogP contribution in [0.4, 0.5) is 4.39 Å². The predicted octanol–water partition coefficient (Wildman–Crippen LogP) is 1.50. The monoisotopic (exact) mass is 479 g/mol. The first-order valence-corrected chi connectivity index (χ1v) is 11.3. The fraction of sp³-hybridized carbons (Fsp3) is 0.320. The minimum absolute atomic E-state index is 0.0831. The average Bonchev–Trinajstić information content (AvgIpc) is 2.82. The minimum atomic E-state index is -0.820. The van der Waals surface area contributed by atoms with Gasteiger partial charge in [0.05, 0.1) is 12.2 Å². The van der Waals surface area contributed by atoms with Crippen molar-refractivity contribution in [1.82, 2.24) is 24.1 Å². The van der Waals surface area contributed by atoms with Gasteiger partial charge in [-0.2, -0.15) is 9.78 Å². The highest BCUT2D eigenvalue weighted by Gasteiger charge is 2.28. The third-order valence-electron chi connectivity index (χ3n) is 5.98. The Morgan fingerprint density at radius 2 is 1.49 bits per heavy atom. The second-order valence-corrected chi connectivity index (χ2v) is 8.70. The lowest BCUT2D eigenvalue weighted by molar-refractivity contribution is -0.130. The van der Waals surface area contributed by atoms with Gasteiger partial charge in [0.1, 0.15) is 5.82 Å². The van der Waals surface area contributed by atoms with E-state index in [-0.39, 0.29) is 31.2 Å². The van der Waals surface area contributed by atoms with E-state index in [9.17, 15) is 23.6 Å². The third-order valence-corrected chi connectivity index (χ3v) is 5.98. The van der Waals surface area contributed by atoms with Crippen LogP contribution in [0.25, 0.3) is 5.69 Å². The van der Waals surface area contributed by atoms with Crippen LogP contribution in [0.1, 0.15) is 34.1 Å². The molecule has 10 heteroatoms. The summed E-state index contributed by atoms with van der Waals surface area (Å²) in [4.78, 5) is 54.8. The summed E-state index contributed by atoms with van der Waals surface area (Å²) in [5.41, 5.74) is 0.813. The average molecular weight is 480 g/mol. The molecule has 2 heterocycles. The van der Waals surface area contributed by atoms with Gasteiger partial charge in [0.2, 0.25) is 11.6 Å². The number of nitrogens with zero attached hydrogens (tertiary/aromatic N) is 5. The number of aryl methyl sites for hydroxylation is 2. The van der Waals surface area contributed by atoms with Crippen LogP contribution in [-0.4, -0.2) is 62.1 Å². The molecule has 0 spiro atoms. The molecule has 0 unspecified atom stereocenters. The fourth-order valence-corrected chi connectivity index (χ4v) is 4.18. The number of piperazine rings is 1. The molecule has 1 aromatic heterocycles. The fourth-order valence-electron chi connectivity index (χ4n) is 4.18. The molecule has 0 radical (unpaired) electrons. The lowest BCUT2D eigenvalue weighted by Gasteiger charge is -2.33. The van der Waals surface area contributed by atoms with Gasteiger partial charge in [-0.1, -0.05) is 18.2 Å². The maximum absolute atomic E-state index is 13.4. The third kappa shape index (κ3) is 5.06. The van der Waals surface area contributed by atoms with Crippen LogP contribution >= 0.6 is 0 Å². The van der Waals surface area contributed by atoms with Crippen LogP contribution in [0, 0.1) is 19.7 Å². The summed E-state index contributed by atoms with van der Waals surface area (Å²) in [7, 11) is 0. The van der Waals surface area contributed by atoms with Gasteiger partial charge in [-0.25, -0.2) is 9.18 Å². The number of aromatic nitrogens is 3. The quantitative estimate of drug-likeness (QED) is 0.565. The second kappa shape index (κ2) is 9.65. The van der Waals surface area contributed by atoms with Crippen molar-refractivity contribution in [2.75, 3.05) is 26.2 Å².